The van der Waals surface area contributed by atoms with Crippen LogP contribution in [0.1, 0.15) is 54.2 Å². The van der Waals surface area contributed by atoms with E-state index in [0.29, 0.717) is 0 Å². The molecule has 0 aliphatic carbocycles. The molecule has 0 radical (unpaired) electrons. The Morgan fingerprint density at radius 2 is 1.65 bits per heavy atom. The Hall–Kier alpha value is -2.58. The van der Waals surface area contributed by atoms with Gasteiger partial charge in [0.2, 0.25) is 13.6 Å². The first-order valence-corrected chi connectivity index (χ1v) is 12.6. The van der Waals surface area contributed by atoms with Gasteiger partial charge in [-0.1, -0.05) is 13.8 Å². The summed E-state index contributed by atoms with van der Waals surface area (Å²) < 4.78 is 56.1. The lowest BCUT2D eigenvalue weighted by Crippen LogP contribution is -2.30. The highest BCUT2D eigenvalue weighted by Gasteiger charge is 2.38. The van der Waals surface area contributed by atoms with Crippen molar-refractivity contribution in [2.45, 2.75) is 78.7 Å². The van der Waals surface area contributed by atoms with Crippen LogP contribution in [0.15, 0.2) is 17.1 Å². The predicted molar refractivity (Wildman–Crippen MR) is 128 cm³/mol. The summed E-state index contributed by atoms with van der Waals surface area (Å²) in [6, 6.07) is 1.34. The minimum atomic E-state index is -2.24. The Kier molecular flexibility index (Phi) is 14.9. The first-order valence-electron chi connectivity index (χ1n) is 11.5. The highest BCUT2D eigenvalue weighted by Crippen LogP contribution is 2.41. The third-order valence-electron chi connectivity index (χ3n) is 3.95. The molecule has 0 saturated carbocycles. The van der Waals surface area contributed by atoms with E-state index in [1.54, 1.807) is 27.7 Å². The molecule has 2 rings (SSSR count). The monoisotopic (exact) mass is 555 g/mol. The standard InChI is InChI=1S/C19H29FN3O11P.C2H6/c1-11(2)32-18(25)27-9-30-35(31-10-28-19(26)33-12(3)4)29-8-13-7-14(20)16(34-13)23-6-5-15(21)22-17(23)24;1-2/h5-6,11-14,16H,7-10H2,1-4H3,(H2,21,22,24);1-2H3. The number of anilines is 1. The van der Waals surface area contributed by atoms with Gasteiger partial charge in [0, 0.05) is 12.6 Å². The van der Waals surface area contributed by atoms with E-state index in [4.69, 9.17) is 43.0 Å². The molecule has 1 aliphatic rings. The van der Waals surface area contributed by atoms with Gasteiger partial charge in [0.15, 0.2) is 6.23 Å². The van der Waals surface area contributed by atoms with Gasteiger partial charge < -0.3 is 33.9 Å². The lowest BCUT2D eigenvalue weighted by atomic mass is 10.2. The number of nitrogens with two attached hydrogens (primary N) is 1. The largest absolute Gasteiger partial charge is 0.510 e. The molecule has 0 bridgehead atoms. The van der Waals surface area contributed by atoms with Crippen LogP contribution < -0.4 is 11.4 Å². The first-order chi connectivity index (χ1) is 17.5. The molecule has 3 atom stereocenters. The van der Waals surface area contributed by atoms with E-state index in [-0.39, 0.29) is 18.8 Å². The van der Waals surface area contributed by atoms with E-state index >= 15 is 0 Å². The van der Waals surface area contributed by atoms with Crippen molar-refractivity contribution in [1.29, 1.82) is 0 Å². The Balaban J connectivity index is 0.00000334. The zero-order valence-corrected chi connectivity index (χ0v) is 22.6. The average Bonchev–Trinajstić information content (AvgIpc) is 3.17. The Labute approximate surface area is 215 Å². The molecular formula is C21H35FN3O11P. The molecule has 16 heteroatoms. The van der Waals surface area contributed by atoms with Gasteiger partial charge in [-0.3, -0.25) is 13.6 Å². The molecule has 1 aromatic heterocycles. The molecule has 37 heavy (non-hydrogen) atoms. The maximum absolute atomic E-state index is 14.5. The van der Waals surface area contributed by atoms with E-state index in [9.17, 15) is 18.8 Å². The Bertz CT molecular complexity index is 862. The molecule has 3 unspecified atom stereocenters. The van der Waals surface area contributed by atoms with E-state index in [1.807, 2.05) is 13.8 Å². The molecule has 1 saturated heterocycles. The number of carbonyl (C=O) groups excluding carboxylic acids is 2. The average molecular weight is 555 g/mol. The van der Waals surface area contributed by atoms with E-state index in [0.717, 1.165) is 4.57 Å². The minimum absolute atomic E-state index is 0.00142. The van der Waals surface area contributed by atoms with Crippen LogP contribution in [0.5, 0.6) is 0 Å². The van der Waals surface area contributed by atoms with Crippen molar-refractivity contribution >= 4 is 26.7 Å². The summed E-state index contributed by atoms with van der Waals surface area (Å²) in [4.78, 5) is 38.5. The van der Waals surface area contributed by atoms with Gasteiger partial charge in [-0.25, -0.2) is 18.8 Å². The topological polar surface area (TPSA) is 169 Å². The van der Waals surface area contributed by atoms with Crippen molar-refractivity contribution in [2.75, 3.05) is 25.9 Å². The number of alkyl halides is 1. The second-order valence-electron chi connectivity index (χ2n) is 7.58. The summed E-state index contributed by atoms with van der Waals surface area (Å²) in [7, 11) is -2.24. The molecule has 2 heterocycles. The number of aromatic nitrogens is 2. The molecule has 2 N–H and O–H groups in total. The highest BCUT2D eigenvalue weighted by atomic mass is 31.2. The Morgan fingerprint density at radius 1 is 1.11 bits per heavy atom. The van der Waals surface area contributed by atoms with Crippen LogP contribution in [0.4, 0.5) is 19.8 Å². The van der Waals surface area contributed by atoms with E-state index in [2.05, 4.69) is 4.98 Å². The second kappa shape index (κ2) is 17.0. The maximum atomic E-state index is 14.5. The number of hydrogen-bond donors (Lipinski definition) is 1. The maximum Gasteiger partial charge on any atom is 0.510 e. The smallest absolute Gasteiger partial charge is 0.432 e. The Morgan fingerprint density at radius 3 is 2.14 bits per heavy atom. The summed E-state index contributed by atoms with van der Waals surface area (Å²) in [6.07, 6.45) is -5.10. The summed E-state index contributed by atoms with van der Waals surface area (Å²) in [5.74, 6) is -0.00142. The molecule has 212 valence electrons. The number of halogens is 1. The highest BCUT2D eigenvalue weighted by molar-refractivity contribution is 7.41. The predicted octanol–water partition coefficient (Wildman–Crippen LogP) is 3.79. The lowest BCUT2D eigenvalue weighted by molar-refractivity contribution is -0.0527. The first kappa shape index (κ1) is 32.4. The van der Waals surface area contributed by atoms with Crippen LogP contribution >= 0.6 is 8.60 Å². The fourth-order valence-corrected chi connectivity index (χ4v) is 3.41. The van der Waals surface area contributed by atoms with Gasteiger partial charge in [0.05, 0.1) is 24.9 Å². The van der Waals surface area contributed by atoms with Crippen LogP contribution in [0.3, 0.4) is 0 Å². The normalized spacial score (nSPS) is 18.9. The fraction of sp³-hybridized carbons (Fsp3) is 0.714. The van der Waals surface area contributed by atoms with Gasteiger partial charge in [-0.05, 0) is 33.8 Å². The number of hydrogen-bond acceptors (Lipinski definition) is 13. The van der Waals surface area contributed by atoms with Gasteiger partial charge in [-0.15, -0.1) is 0 Å². The molecule has 1 aliphatic heterocycles. The molecule has 0 aromatic carbocycles. The van der Waals surface area contributed by atoms with Crippen molar-refractivity contribution in [3.63, 3.8) is 0 Å². The molecule has 1 aromatic rings. The van der Waals surface area contributed by atoms with Crippen LogP contribution in [-0.4, -0.2) is 66.5 Å². The zero-order valence-electron chi connectivity index (χ0n) is 21.7. The molecule has 0 amide bonds. The van der Waals surface area contributed by atoms with Crippen molar-refractivity contribution in [1.82, 2.24) is 9.55 Å². The molecule has 0 spiro atoms. The lowest BCUT2D eigenvalue weighted by Gasteiger charge is -2.19. The number of carbonyl (C=O) groups is 2. The van der Waals surface area contributed by atoms with Crippen molar-refractivity contribution in [3.8, 4) is 0 Å². The SMILES string of the molecule is CC.CC(C)OC(=O)OCOP(OCOC(=O)OC(C)C)OCC1CC(F)C(n2ccc(N)nc2=O)O1. The number of rotatable bonds is 12. The summed E-state index contributed by atoms with van der Waals surface area (Å²) in [6.45, 7) is 9.13. The fourth-order valence-electron chi connectivity index (χ4n) is 2.62. The van der Waals surface area contributed by atoms with Gasteiger partial charge in [0.25, 0.3) is 0 Å². The van der Waals surface area contributed by atoms with Gasteiger partial charge in [0.1, 0.15) is 12.0 Å². The third kappa shape index (κ3) is 12.5. The van der Waals surface area contributed by atoms with Crippen LogP contribution in [0, 0.1) is 0 Å². The zero-order chi connectivity index (χ0) is 28.0. The number of nitrogens with zero attached hydrogens (tertiary/aromatic N) is 2. The minimum Gasteiger partial charge on any atom is -0.432 e. The summed E-state index contributed by atoms with van der Waals surface area (Å²) >= 11 is 0. The van der Waals surface area contributed by atoms with E-state index in [1.165, 1.54) is 12.3 Å². The van der Waals surface area contributed by atoms with Gasteiger partial charge in [-0.2, -0.15) is 4.98 Å². The molecular weight excluding hydrogens is 520 g/mol. The second-order valence-corrected chi connectivity index (χ2v) is 8.80. The van der Waals surface area contributed by atoms with Crippen LogP contribution in [0.25, 0.3) is 0 Å². The van der Waals surface area contributed by atoms with Crippen LogP contribution in [-0.2, 0) is 37.3 Å². The number of ether oxygens (including phenoxy) is 5. The van der Waals surface area contributed by atoms with Crippen molar-refractivity contribution < 1.29 is 51.2 Å². The van der Waals surface area contributed by atoms with E-state index < -0.39 is 70.9 Å². The van der Waals surface area contributed by atoms with Crippen molar-refractivity contribution in [2.24, 2.45) is 0 Å². The number of nitrogen functional groups attached to an aromatic ring is 1. The quantitative estimate of drug-likeness (QED) is 0.225. The van der Waals surface area contributed by atoms with Crippen LogP contribution in [0.2, 0.25) is 0 Å². The van der Waals surface area contributed by atoms with Gasteiger partial charge >= 0.3 is 26.6 Å². The third-order valence-corrected chi connectivity index (χ3v) is 4.95. The molecule has 14 nitrogen and oxygen atoms in total. The molecule has 1 fully saturated rings. The van der Waals surface area contributed by atoms with Crippen molar-refractivity contribution in [3.05, 3.63) is 22.7 Å². The summed E-state index contributed by atoms with van der Waals surface area (Å²) in [5.41, 5.74) is 4.69. The summed E-state index contributed by atoms with van der Waals surface area (Å²) in [5, 5.41) is 0.